The van der Waals surface area contributed by atoms with Gasteiger partial charge in [-0.2, -0.15) is 4.98 Å². The molecule has 2 heterocycles. The molecule has 1 aromatic carbocycles. The maximum atomic E-state index is 12.2. The SMILES string of the molecule is Cc1cc(C(=O)CCC(=O)OCc2nc(-c3ccccc3C)no2)c(C)s1. The number of rotatable bonds is 7. The Morgan fingerprint density at radius 2 is 1.93 bits per heavy atom. The van der Waals surface area contributed by atoms with E-state index in [0.717, 1.165) is 20.9 Å². The fraction of sp³-hybridized carbons (Fsp3) is 0.300. The summed E-state index contributed by atoms with van der Waals surface area (Å²) in [6.07, 6.45) is 0.139. The molecular formula is C20H20N2O4S. The van der Waals surface area contributed by atoms with Gasteiger partial charge in [-0.3, -0.25) is 9.59 Å². The van der Waals surface area contributed by atoms with Gasteiger partial charge in [0.15, 0.2) is 12.4 Å². The minimum Gasteiger partial charge on any atom is -0.456 e. The number of hydrogen-bond acceptors (Lipinski definition) is 7. The largest absolute Gasteiger partial charge is 0.456 e. The Hall–Kier alpha value is -2.80. The molecule has 3 rings (SSSR count). The maximum absolute atomic E-state index is 12.2. The minimum absolute atomic E-state index is 0.0198. The summed E-state index contributed by atoms with van der Waals surface area (Å²) < 4.78 is 10.3. The Bertz CT molecular complexity index is 974. The van der Waals surface area contributed by atoms with E-state index < -0.39 is 5.97 Å². The van der Waals surface area contributed by atoms with Crippen LogP contribution in [0.25, 0.3) is 11.4 Å². The van der Waals surface area contributed by atoms with Crippen molar-refractivity contribution in [2.75, 3.05) is 0 Å². The number of thiophene rings is 1. The highest BCUT2D eigenvalue weighted by Gasteiger charge is 2.16. The van der Waals surface area contributed by atoms with Crippen molar-refractivity contribution < 1.29 is 18.8 Å². The number of carbonyl (C=O) groups excluding carboxylic acids is 2. The molecule has 0 aliphatic carbocycles. The van der Waals surface area contributed by atoms with Crippen molar-refractivity contribution in [1.82, 2.24) is 10.1 Å². The first-order valence-corrected chi connectivity index (χ1v) is 9.40. The monoisotopic (exact) mass is 384 g/mol. The normalized spacial score (nSPS) is 10.8. The Balaban J connectivity index is 1.50. The smallest absolute Gasteiger partial charge is 0.306 e. The first-order valence-electron chi connectivity index (χ1n) is 8.58. The van der Waals surface area contributed by atoms with E-state index in [1.807, 2.05) is 51.1 Å². The Morgan fingerprint density at radius 3 is 2.63 bits per heavy atom. The highest BCUT2D eigenvalue weighted by atomic mass is 32.1. The summed E-state index contributed by atoms with van der Waals surface area (Å²) >= 11 is 1.58. The summed E-state index contributed by atoms with van der Waals surface area (Å²) in [5.74, 6) is 0.159. The fourth-order valence-corrected chi connectivity index (χ4v) is 3.66. The lowest BCUT2D eigenvalue weighted by Crippen LogP contribution is -2.08. The molecule has 0 N–H and O–H groups in total. The molecule has 0 unspecified atom stereocenters. The molecule has 7 heteroatoms. The zero-order valence-corrected chi connectivity index (χ0v) is 16.3. The lowest BCUT2D eigenvalue weighted by Gasteiger charge is -2.02. The Morgan fingerprint density at radius 1 is 1.15 bits per heavy atom. The summed E-state index contributed by atoms with van der Waals surface area (Å²) in [5.41, 5.74) is 2.58. The van der Waals surface area contributed by atoms with Gasteiger partial charge in [0.2, 0.25) is 5.82 Å². The van der Waals surface area contributed by atoms with E-state index in [1.165, 1.54) is 0 Å². The van der Waals surface area contributed by atoms with Crippen LogP contribution in [0, 0.1) is 20.8 Å². The van der Waals surface area contributed by atoms with E-state index in [4.69, 9.17) is 9.26 Å². The lowest BCUT2D eigenvalue weighted by atomic mass is 10.1. The van der Waals surface area contributed by atoms with Gasteiger partial charge in [-0.05, 0) is 32.4 Å². The van der Waals surface area contributed by atoms with Crippen molar-refractivity contribution in [2.24, 2.45) is 0 Å². The molecule has 0 saturated carbocycles. The first kappa shape index (κ1) is 19.0. The third-order valence-electron chi connectivity index (χ3n) is 4.11. The predicted molar refractivity (Wildman–Crippen MR) is 102 cm³/mol. The number of hydrogen-bond donors (Lipinski definition) is 0. The number of esters is 1. The molecule has 0 bridgehead atoms. The van der Waals surface area contributed by atoms with E-state index in [1.54, 1.807) is 11.3 Å². The number of aromatic nitrogens is 2. The predicted octanol–water partition coefficient (Wildman–Crippen LogP) is 4.43. The second-order valence-corrected chi connectivity index (χ2v) is 7.70. The lowest BCUT2D eigenvalue weighted by molar-refractivity contribution is -0.145. The number of nitrogens with zero attached hydrogens (tertiary/aromatic N) is 2. The highest BCUT2D eigenvalue weighted by Crippen LogP contribution is 2.22. The Kier molecular flexibility index (Phi) is 5.81. The molecule has 0 radical (unpaired) electrons. The van der Waals surface area contributed by atoms with Crippen LogP contribution in [-0.2, 0) is 16.1 Å². The number of ketones is 1. The molecule has 27 heavy (non-hydrogen) atoms. The number of aryl methyl sites for hydroxylation is 3. The molecule has 0 spiro atoms. The summed E-state index contributed by atoms with van der Waals surface area (Å²) in [6.45, 7) is 5.71. The van der Waals surface area contributed by atoms with E-state index >= 15 is 0 Å². The van der Waals surface area contributed by atoms with Crippen molar-refractivity contribution in [1.29, 1.82) is 0 Å². The van der Waals surface area contributed by atoms with Crippen LogP contribution < -0.4 is 0 Å². The summed E-state index contributed by atoms with van der Waals surface area (Å²) in [7, 11) is 0. The maximum Gasteiger partial charge on any atom is 0.306 e. The van der Waals surface area contributed by atoms with Crippen LogP contribution >= 0.6 is 11.3 Å². The second kappa shape index (κ2) is 8.26. The van der Waals surface area contributed by atoms with Crippen LogP contribution in [0.1, 0.15) is 44.4 Å². The van der Waals surface area contributed by atoms with Crippen molar-refractivity contribution >= 4 is 23.1 Å². The summed E-state index contributed by atoms with van der Waals surface area (Å²) in [5, 5.41) is 3.92. The van der Waals surface area contributed by atoms with Crippen LogP contribution in [0.3, 0.4) is 0 Å². The zero-order chi connectivity index (χ0) is 19.4. The molecule has 0 fully saturated rings. The van der Waals surface area contributed by atoms with Crippen LogP contribution in [0.4, 0.5) is 0 Å². The number of Topliss-reactive ketones (excluding diaryl/α,β-unsaturated/α-hetero) is 1. The van der Waals surface area contributed by atoms with E-state index in [2.05, 4.69) is 10.1 Å². The molecule has 0 saturated heterocycles. The van der Waals surface area contributed by atoms with Gasteiger partial charge in [-0.25, -0.2) is 0 Å². The van der Waals surface area contributed by atoms with Crippen LogP contribution in [0.5, 0.6) is 0 Å². The van der Waals surface area contributed by atoms with Crippen LogP contribution in [0.15, 0.2) is 34.9 Å². The highest BCUT2D eigenvalue weighted by molar-refractivity contribution is 7.12. The zero-order valence-electron chi connectivity index (χ0n) is 15.4. The molecule has 6 nitrogen and oxygen atoms in total. The quantitative estimate of drug-likeness (QED) is 0.443. The van der Waals surface area contributed by atoms with Gasteiger partial charge in [0, 0.05) is 27.3 Å². The number of benzene rings is 1. The van der Waals surface area contributed by atoms with Crippen molar-refractivity contribution in [3.05, 3.63) is 57.1 Å². The minimum atomic E-state index is -0.469. The van der Waals surface area contributed by atoms with Gasteiger partial charge in [-0.1, -0.05) is 29.4 Å². The first-order chi connectivity index (χ1) is 12.9. The molecule has 0 aliphatic rings. The average Bonchev–Trinajstić information content (AvgIpc) is 3.24. The number of carbonyl (C=O) groups is 2. The third kappa shape index (κ3) is 4.68. The van der Waals surface area contributed by atoms with Crippen LogP contribution in [-0.4, -0.2) is 21.9 Å². The van der Waals surface area contributed by atoms with Gasteiger partial charge in [0.1, 0.15) is 0 Å². The van der Waals surface area contributed by atoms with Crippen molar-refractivity contribution in [2.45, 2.75) is 40.2 Å². The van der Waals surface area contributed by atoms with Gasteiger partial charge < -0.3 is 9.26 Å². The fourth-order valence-electron chi connectivity index (χ4n) is 2.72. The standard InChI is InChI=1S/C20H20N2O4S/c1-12-6-4-5-7-15(12)20-21-18(26-22-20)11-25-19(24)9-8-17(23)16-10-13(2)27-14(16)3/h4-7,10H,8-9,11H2,1-3H3. The van der Waals surface area contributed by atoms with E-state index in [-0.39, 0.29) is 31.1 Å². The molecule has 2 aromatic heterocycles. The summed E-state index contributed by atoms with van der Waals surface area (Å²) in [6, 6.07) is 9.54. The second-order valence-electron chi connectivity index (χ2n) is 6.24. The summed E-state index contributed by atoms with van der Waals surface area (Å²) in [4.78, 5) is 30.4. The van der Waals surface area contributed by atoms with Gasteiger partial charge in [-0.15, -0.1) is 11.3 Å². The van der Waals surface area contributed by atoms with E-state index in [9.17, 15) is 9.59 Å². The van der Waals surface area contributed by atoms with Crippen molar-refractivity contribution in [3.8, 4) is 11.4 Å². The van der Waals surface area contributed by atoms with E-state index in [0.29, 0.717) is 11.4 Å². The van der Waals surface area contributed by atoms with Gasteiger partial charge in [0.05, 0.1) is 6.42 Å². The topological polar surface area (TPSA) is 82.3 Å². The van der Waals surface area contributed by atoms with Gasteiger partial charge in [0.25, 0.3) is 5.89 Å². The third-order valence-corrected chi connectivity index (χ3v) is 5.07. The molecule has 0 amide bonds. The molecular weight excluding hydrogens is 364 g/mol. The average molecular weight is 384 g/mol. The number of ether oxygens (including phenoxy) is 1. The van der Waals surface area contributed by atoms with Crippen molar-refractivity contribution in [3.63, 3.8) is 0 Å². The molecule has 140 valence electrons. The van der Waals surface area contributed by atoms with Gasteiger partial charge >= 0.3 is 5.97 Å². The molecule has 0 aliphatic heterocycles. The molecule has 3 aromatic rings. The molecule has 0 atom stereocenters. The van der Waals surface area contributed by atoms with Crippen LogP contribution in [0.2, 0.25) is 0 Å². The Labute approximate surface area is 161 Å².